The average molecular weight is 314 g/mol. The Bertz CT molecular complexity index is 465. The summed E-state index contributed by atoms with van der Waals surface area (Å²) in [4.78, 5) is 11.9. The van der Waals surface area contributed by atoms with Gasteiger partial charge in [-0.3, -0.25) is 0 Å². The molecule has 0 aliphatic rings. The number of benzene rings is 1. The summed E-state index contributed by atoms with van der Waals surface area (Å²) < 4.78 is 13.5. The van der Waals surface area contributed by atoms with E-state index in [1.54, 1.807) is 37.7 Å². The van der Waals surface area contributed by atoms with Gasteiger partial charge in [0.25, 0.3) is 0 Å². The van der Waals surface area contributed by atoms with Crippen molar-refractivity contribution in [2.75, 3.05) is 18.6 Å². The van der Waals surface area contributed by atoms with Crippen molar-refractivity contribution in [2.45, 2.75) is 32.4 Å². The number of thioether (sulfide) groups is 1. The van der Waals surface area contributed by atoms with Crippen molar-refractivity contribution in [2.24, 2.45) is 0 Å². The van der Waals surface area contributed by atoms with Gasteiger partial charge in [-0.25, -0.2) is 9.18 Å². The lowest BCUT2D eigenvalue weighted by Crippen LogP contribution is -2.44. The normalized spacial score (nSPS) is 13.6. The molecule has 2 atom stereocenters. The van der Waals surface area contributed by atoms with Gasteiger partial charge in [-0.15, -0.1) is 0 Å². The molecule has 0 saturated carbocycles. The highest BCUT2D eigenvalue weighted by atomic mass is 32.2. The lowest BCUT2D eigenvalue weighted by atomic mass is 10.1. The van der Waals surface area contributed by atoms with Crippen LogP contribution in [0.2, 0.25) is 0 Å². The van der Waals surface area contributed by atoms with Crippen LogP contribution in [-0.4, -0.2) is 35.8 Å². The van der Waals surface area contributed by atoms with Crippen molar-refractivity contribution >= 4 is 17.8 Å². The van der Waals surface area contributed by atoms with Crippen molar-refractivity contribution in [1.82, 2.24) is 10.6 Å². The molecule has 0 bridgehead atoms. The first kappa shape index (κ1) is 17.8. The summed E-state index contributed by atoms with van der Waals surface area (Å²) in [6.07, 6.45) is 2.46. The summed E-state index contributed by atoms with van der Waals surface area (Å²) in [6.45, 7) is 3.54. The minimum atomic E-state index is -0.309. The van der Waals surface area contributed by atoms with Crippen LogP contribution in [0, 0.1) is 12.7 Å². The Morgan fingerprint density at radius 3 is 2.71 bits per heavy atom. The summed E-state index contributed by atoms with van der Waals surface area (Å²) in [5, 5.41) is 14.6. The molecule has 0 heterocycles. The Balaban J connectivity index is 2.58. The first-order chi connectivity index (χ1) is 9.97. The predicted octanol–water partition coefficient (Wildman–Crippen LogP) is 2.61. The van der Waals surface area contributed by atoms with Crippen LogP contribution in [0.4, 0.5) is 9.18 Å². The van der Waals surface area contributed by atoms with Crippen LogP contribution in [0.5, 0.6) is 0 Å². The van der Waals surface area contributed by atoms with E-state index >= 15 is 0 Å². The summed E-state index contributed by atoms with van der Waals surface area (Å²) in [6, 6.07) is 4.26. The highest BCUT2D eigenvalue weighted by Crippen LogP contribution is 2.16. The largest absolute Gasteiger partial charge is 0.396 e. The number of aryl methyl sites for hydroxylation is 1. The highest BCUT2D eigenvalue weighted by Gasteiger charge is 2.14. The van der Waals surface area contributed by atoms with E-state index in [-0.39, 0.29) is 30.5 Å². The fourth-order valence-corrected chi connectivity index (χ4v) is 2.59. The third-order valence-corrected chi connectivity index (χ3v) is 3.96. The van der Waals surface area contributed by atoms with Crippen LogP contribution < -0.4 is 10.6 Å². The minimum Gasteiger partial charge on any atom is -0.396 e. The maximum Gasteiger partial charge on any atom is 0.315 e. The Kier molecular flexibility index (Phi) is 7.53. The van der Waals surface area contributed by atoms with Gasteiger partial charge in [-0.2, -0.15) is 11.8 Å². The second kappa shape index (κ2) is 8.89. The Morgan fingerprint density at radius 1 is 1.43 bits per heavy atom. The van der Waals surface area contributed by atoms with Gasteiger partial charge in [-0.1, -0.05) is 12.1 Å². The van der Waals surface area contributed by atoms with E-state index < -0.39 is 0 Å². The van der Waals surface area contributed by atoms with Crippen LogP contribution in [-0.2, 0) is 0 Å². The molecule has 4 nitrogen and oxygen atoms in total. The quantitative estimate of drug-likeness (QED) is 0.725. The second-order valence-corrected chi connectivity index (χ2v) is 5.92. The standard InChI is InChI=1S/C15H23FN2O2S/c1-10-4-5-12(8-14(10)16)11(2)17-15(20)18-13(6-7-19)9-21-3/h4-5,8,11,13,19H,6-7,9H2,1-3H3,(H2,17,18,20). The van der Waals surface area contributed by atoms with Crippen LogP contribution in [0.25, 0.3) is 0 Å². The predicted molar refractivity (Wildman–Crippen MR) is 85.1 cm³/mol. The molecule has 1 rings (SSSR count). The van der Waals surface area contributed by atoms with Crippen molar-refractivity contribution in [3.05, 3.63) is 35.1 Å². The van der Waals surface area contributed by atoms with E-state index in [0.29, 0.717) is 12.0 Å². The smallest absolute Gasteiger partial charge is 0.315 e. The number of nitrogens with one attached hydrogen (secondary N) is 2. The van der Waals surface area contributed by atoms with Gasteiger partial charge in [0.05, 0.1) is 6.04 Å². The first-order valence-electron chi connectivity index (χ1n) is 6.90. The van der Waals surface area contributed by atoms with Crippen molar-refractivity contribution < 1.29 is 14.3 Å². The second-order valence-electron chi connectivity index (χ2n) is 5.01. The molecule has 6 heteroatoms. The molecule has 21 heavy (non-hydrogen) atoms. The van der Waals surface area contributed by atoms with Gasteiger partial charge >= 0.3 is 6.03 Å². The number of rotatable bonds is 7. The van der Waals surface area contributed by atoms with Gasteiger partial charge in [0.2, 0.25) is 0 Å². The average Bonchev–Trinajstić information content (AvgIpc) is 2.42. The van der Waals surface area contributed by atoms with E-state index in [1.165, 1.54) is 6.07 Å². The van der Waals surface area contributed by atoms with Gasteiger partial charge in [-0.05, 0) is 43.7 Å². The summed E-state index contributed by atoms with van der Waals surface area (Å²) in [5.41, 5.74) is 1.30. The minimum absolute atomic E-state index is 0.0320. The van der Waals surface area contributed by atoms with Crippen LogP contribution >= 0.6 is 11.8 Å². The number of carbonyl (C=O) groups is 1. The number of carbonyl (C=O) groups excluding carboxylic acids is 1. The van der Waals surface area contributed by atoms with E-state index in [9.17, 15) is 9.18 Å². The maximum atomic E-state index is 13.5. The molecule has 2 unspecified atom stereocenters. The third kappa shape index (κ3) is 5.93. The highest BCUT2D eigenvalue weighted by molar-refractivity contribution is 7.98. The molecule has 0 aliphatic heterocycles. The lowest BCUT2D eigenvalue weighted by molar-refractivity contribution is 0.229. The monoisotopic (exact) mass is 314 g/mol. The number of halogens is 1. The number of amides is 2. The summed E-state index contributed by atoms with van der Waals surface area (Å²) in [5.74, 6) is 0.462. The number of hydrogen-bond donors (Lipinski definition) is 3. The van der Waals surface area contributed by atoms with Crippen molar-refractivity contribution in [1.29, 1.82) is 0 Å². The first-order valence-corrected chi connectivity index (χ1v) is 8.30. The number of urea groups is 1. The zero-order valence-corrected chi connectivity index (χ0v) is 13.5. The molecule has 0 radical (unpaired) electrons. The molecule has 1 aromatic carbocycles. The molecule has 3 N–H and O–H groups in total. The lowest BCUT2D eigenvalue weighted by Gasteiger charge is -2.20. The van der Waals surface area contributed by atoms with Gasteiger partial charge in [0.15, 0.2) is 0 Å². The van der Waals surface area contributed by atoms with E-state index in [2.05, 4.69) is 10.6 Å². The molecule has 0 fully saturated rings. The fraction of sp³-hybridized carbons (Fsp3) is 0.533. The summed E-state index contributed by atoms with van der Waals surface area (Å²) >= 11 is 1.61. The van der Waals surface area contributed by atoms with E-state index in [1.807, 2.05) is 6.26 Å². The van der Waals surface area contributed by atoms with E-state index in [4.69, 9.17) is 5.11 Å². The Morgan fingerprint density at radius 2 is 2.14 bits per heavy atom. The molecule has 0 aliphatic carbocycles. The molecular formula is C15H23FN2O2S. The van der Waals surface area contributed by atoms with Crippen LogP contribution in [0.15, 0.2) is 18.2 Å². The van der Waals surface area contributed by atoms with Gasteiger partial charge in [0.1, 0.15) is 5.82 Å². The molecule has 0 spiro atoms. The van der Waals surface area contributed by atoms with Crippen LogP contribution in [0.3, 0.4) is 0 Å². The summed E-state index contributed by atoms with van der Waals surface area (Å²) in [7, 11) is 0. The topological polar surface area (TPSA) is 61.4 Å². The van der Waals surface area contributed by atoms with Gasteiger partial charge < -0.3 is 15.7 Å². The van der Waals surface area contributed by atoms with Crippen molar-refractivity contribution in [3.63, 3.8) is 0 Å². The fourth-order valence-electron chi connectivity index (χ4n) is 1.94. The number of aliphatic hydroxyl groups excluding tert-OH is 1. The molecule has 118 valence electrons. The Hall–Kier alpha value is -1.27. The number of hydrogen-bond acceptors (Lipinski definition) is 3. The SMILES string of the molecule is CSCC(CCO)NC(=O)NC(C)c1ccc(C)c(F)c1. The number of aliphatic hydroxyl groups is 1. The van der Waals surface area contributed by atoms with Crippen LogP contribution in [0.1, 0.15) is 30.5 Å². The Labute approximate surface area is 129 Å². The molecule has 2 amide bonds. The third-order valence-electron chi connectivity index (χ3n) is 3.22. The van der Waals surface area contributed by atoms with Gasteiger partial charge in [0, 0.05) is 18.4 Å². The molecule has 0 saturated heterocycles. The molecular weight excluding hydrogens is 291 g/mol. The molecule has 1 aromatic rings. The molecule has 0 aromatic heterocycles. The zero-order valence-electron chi connectivity index (χ0n) is 12.6. The maximum absolute atomic E-state index is 13.5. The zero-order chi connectivity index (χ0) is 15.8. The van der Waals surface area contributed by atoms with E-state index in [0.717, 1.165) is 11.3 Å². The van der Waals surface area contributed by atoms with Crippen molar-refractivity contribution in [3.8, 4) is 0 Å².